The van der Waals surface area contributed by atoms with Gasteiger partial charge in [0, 0.05) is 33.4 Å². The number of methoxy groups -OCH3 is 2. The Hall–Kier alpha value is -1.95. The summed E-state index contributed by atoms with van der Waals surface area (Å²) >= 11 is 0. The molecule has 0 radical (unpaired) electrons. The van der Waals surface area contributed by atoms with Crippen LogP contribution in [0.2, 0.25) is 0 Å². The predicted molar refractivity (Wildman–Crippen MR) is 88.8 cm³/mol. The molecule has 6 heteroatoms. The van der Waals surface area contributed by atoms with E-state index in [1.54, 1.807) is 20.3 Å². The number of rotatable bonds is 9. The summed E-state index contributed by atoms with van der Waals surface area (Å²) in [7, 11) is 3.24. The minimum Gasteiger partial charge on any atom is -0.504 e. The van der Waals surface area contributed by atoms with Crippen molar-refractivity contribution >= 4 is 5.96 Å². The fraction of sp³-hybridized carbons (Fsp3) is 0.562. The number of aromatic hydroxyl groups is 1. The van der Waals surface area contributed by atoms with Crippen molar-refractivity contribution in [2.45, 2.75) is 19.8 Å². The van der Waals surface area contributed by atoms with E-state index in [-0.39, 0.29) is 5.75 Å². The van der Waals surface area contributed by atoms with E-state index in [0.29, 0.717) is 5.75 Å². The monoisotopic (exact) mass is 309 g/mol. The van der Waals surface area contributed by atoms with Gasteiger partial charge in [-0.25, -0.2) is 0 Å². The summed E-state index contributed by atoms with van der Waals surface area (Å²) in [6, 6.07) is 5.39. The van der Waals surface area contributed by atoms with Gasteiger partial charge in [0.05, 0.1) is 7.11 Å². The normalized spacial score (nSPS) is 11.3. The van der Waals surface area contributed by atoms with E-state index in [0.717, 1.165) is 50.6 Å². The third kappa shape index (κ3) is 6.67. The first-order valence-corrected chi connectivity index (χ1v) is 7.58. The van der Waals surface area contributed by atoms with Crippen molar-refractivity contribution in [3.8, 4) is 11.5 Å². The highest BCUT2D eigenvalue weighted by Gasteiger charge is 2.03. The zero-order valence-electron chi connectivity index (χ0n) is 13.7. The quantitative estimate of drug-likeness (QED) is 0.366. The molecule has 0 spiro atoms. The highest BCUT2D eigenvalue weighted by molar-refractivity contribution is 5.79. The van der Waals surface area contributed by atoms with Crippen LogP contribution in [0.15, 0.2) is 23.2 Å². The lowest BCUT2D eigenvalue weighted by Crippen LogP contribution is -2.38. The van der Waals surface area contributed by atoms with Crippen LogP contribution in [0.4, 0.5) is 0 Å². The van der Waals surface area contributed by atoms with Crippen LogP contribution in [0.3, 0.4) is 0 Å². The SMILES string of the molecule is CCNC(=NCCCOC)NCCc1ccc(O)c(OC)c1. The lowest BCUT2D eigenvalue weighted by atomic mass is 10.1. The van der Waals surface area contributed by atoms with Gasteiger partial charge < -0.3 is 25.2 Å². The molecule has 0 fully saturated rings. The van der Waals surface area contributed by atoms with Crippen molar-refractivity contribution in [1.29, 1.82) is 0 Å². The molecule has 0 aliphatic rings. The van der Waals surface area contributed by atoms with Crippen molar-refractivity contribution in [1.82, 2.24) is 10.6 Å². The molecule has 0 atom stereocenters. The van der Waals surface area contributed by atoms with Gasteiger partial charge in [-0.3, -0.25) is 4.99 Å². The molecule has 1 aromatic rings. The second kappa shape index (κ2) is 10.7. The number of benzene rings is 1. The lowest BCUT2D eigenvalue weighted by Gasteiger charge is -2.12. The summed E-state index contributed by atoms with van der Waals surface area (Å²) in [6.07, 6.45) is 1.72. The molecule has 0 aliphatic carbocycles. The van der Waals surface area contributed by atoms with E-state index < -0.39 is 0 Å². The third-order valence-corrected chi connectivity index (χ3v) is 3.07. The van der Waals surface area contributed by atoms with Crippen LogP contribution in [-0.4, -0.2) is 51.5 Å². The summed E-state index contributed by atoms with van der Waals surface area (Å²) in [4.78, 5) is 4.48. The van der Waals surface area contributed by atoms with E-state index in [1.807, 2.05) is 19.1 Å². The van der Waals surface area contributed by atoms with Gasteiger partial charge in [0.1, 0.15) is 0 Å². The number of ether oxygens (including phenoxy) is 2. The van der Waals surface area contributed by atoms with Crippen molar-refractivity contribution < 1.29 is 14.6 Å². The first kappa shape index (κ1) is 18.1. The molecular formula is C16H27N3O3. The summed E-state index contributed by atoms with van der Waals surface area (Å²) in [6.45, 7) is 5.07. The molecule has 0 heterocycles. The van der Waals surface area contributed by atoms with Crippen LogP contribution in [0.25, 0.3) is 0 Å². The van der Waals surface area contributed by atoms with Crippen LogP contribution >= 0.6 is 0 Å². The van der Waals surface area contributed by atoms with Crippen LogP contribution < -0.4 is 15.4 Å². The lowest BCUT2D eigenvalue weighted by molar-refractivity contribution is 0.197. The van der Waals surface area contributed by atoms with Gasteiger partial charge in [0.15, 0.2) is 17.5 Å². The standard InChI is InChI=1S/C16H27N3O3/c1-4-17-16(18-9-5-11-21-2)19-10-8-13-6-7-14(20)15(12-13)22-3/h6-7,12,20H,4-5,8-11H2,1-3H3,(H2,17,18,19). The molecule has 6 nitrogen and oxygen atoms in total. The molecule has 22 heavy (non-hydrogen) atoms. The van der Waals surface area contributed by atoms with E-state index in [2.05, 4.69) is 15.6 Å². The van der Waals surface area contributed by atoms with E-state index in [9.17, 15) is 5.11 Å². The molecule has 124 valence electrons. The number of hydrogen-bond acceptors (Lipinski definition) is 4. The van der Waals surface area contributed by atoms with Crippen LogP contribution in [0.1, 0.15) is 18.9 Å². The number of aliphatic imine (C=N–C) groups is 1. The van der Waals surface area contributed by atoms with Gasteiger partial charge in [-0.15, -0.1) is 0 Å². The Morgan fingerprint density at radius 2 is 2.09 bits per heavy atom. The highest BCUT2D eigenvalue weighted by Crippen LogP contribution is 2.26. The van der Waals surface area contributed by atoms with Crippen LogP contribution in [0, 0.1) is 0 Å². The minimum atomic E-state index is 0.159. The van der Waals surface area contributed by atoms with Gasteiger partial charge in [0.2, 0.25) is 0 Å². The molecule has 0 amide bonds. The number of nitrogens with one attached hydrogen (secondary N) is 2. The van der Waals surface area contributed by atoms with Crippen molar-refractivity contribution in [3.05, 3.63) is 23.8 Å². The summed E-state index contributed by atoms with van der Waals surface area (Å²) in [5.41, 5.74) is 1.09. The van der Waals surface area contributed by atoms with Crippen LogP contribution in [0.5, 0.6) is 11.5 Å². The Kier molecular flexibility index (Phi) is 8.83. The van der Waals surface area contributed by atoms with Gasteiger partial charge in [-0.1, -0.05) is 6.07 Å². The maximum atomic E-state index is 9.58. The molecule has 0 saturated heterocycles. The Bertz CT molecular complexity index is 464. The van der Waals surface area contributed by atoms with Crippen molar-refractivity contribution in [3.63, 3.8) is 0 Å². The molecule has 1 rings (SSSR count). The van der Waals surface area contributed by atoms with Gasteiger partial charge in [-0.05, 0) is 37.5 Å². The van der Waals surface area contributed by atoms with Crippen molar-refractivity contribution in [2.75, 3.05) is 40.5 Å². The number of hydrogen-bond donors (Lipinski definition) is 3. The van der Waals surface area contributed by atoms with E-state index >= 15 is 0 Å². The second-order valence-electron chi connectivity index (χ2n) is 4.79. The van der Waals surface area contributed by atoms with E-state index in [4.69, 9.17) is 9.47 Å². The Labute approximate surface area is 132 Å². The smallest absolute Gasteiger partial charge is 0.191 e. The molecule has 0 saturated carbocycles. The van der Waals surface area contributed by atoms with Gasteiger partial charge >= 0.3 is 0 Å². The van der Waals surface area contributed by atoms with E-state index in [1.165, 1.54) is 0 Å². The molecule has 0 aliphatic heterocycles. The number of phenols is 1. The molecule has 0 aromatic heterocycles. The largest absolute Gasteiger partial charge is 0.504 e. The maximum absolute atomic E-state index is 9.58. The minimum absolute atomic E-state index is 0.159. The van der Waals surface area contributed by atoms with Crippen LogP contribution in [-0.2, 0) is 11.2 Å². The van der Waals surface area contributed by atoms with Gasteiger partial charge in [0.25, 0.3) is 0 Å². The number of guanidine groups is 1. The third-order valence-electron chi connectivity index (χ3n) is 3.07. The Balaban J connectivity index is 2.44. The fourth-order valence-corrected chi connectivity index (χ4v) is 1.94. The predicted octanol–water partition coefficient (Wildman–Crippen LogP) is 1.53. The average molecular weight is 309 g/mol. The molecule has 1 aromatic carbocycles. The first-order chi connectivity index (χ1) is 10.7. The zero-order valence-corrected chi connectivity index (χ0v) is 13.7. The first-order valence-electron chi connectivity index (χ1n) is 7.58. The number of nitrogens with zero attached hydrogens (tertiary/aromatic N) is 1. The van der Waals surface area contributed by atoms with Gasteiger partial charge in [-0.2, -0.15) is 0 Å². The highest BCUT2D eigenvalue weighted by atomic mass is 16.5. The van der Waals surface area contributed by atoms with Crippen molar-refractivity contribution in [2.24, 2.45) is 4.99 Å². The molecule has 0 unspecified atom stereocenters. The molecular weight excluding hydrogens is 282 g/mol. The molecule has 3 N–H and O–H groups in total. The zero-order chi connectivity index (χ0) is 16.2. The average Bonchev–Trinajstić information content (AvgIpc) is 2.53. The molecule has 0 bridgehead atoms. The summed E-state index contributed by atoms with van der Waals surface area (Å²) in [5.74, 6) is 1.47. The topological polar surface area (TPSA) is 75.1 Å². The Morgan fingerprint density at radius 3 is 2.77 bits per heavy atom. The fourth-order valence-electron chi connectivity index (χ4n) is 1.94. The number of phenolic OH excluding ortho intramolecular Hbond substituents is 1. The Morgan fingerprint density at radius 1 is 1.27 bits per heavy atom. The maximum Gasteiger partial charge on any atom is 0.191 e. The summed E-state index contributed by atoms with van der Waals surface area (Å²) in [5, 5.41) is 16.1. The second-order valence-corrected chi connectivity index (χ2v) is 4.79. The summed E-state index contributed by atoms with van der Waals surface area (Å²) < 4.78 is 10.1.